The Morgan fingerprint density at radius 1 is 1.30 bits per heavy atom. The van der Waals surface area contributed by atoms with Crippen molar-refractivity contribution in [2.24, 2.45) is 0 Å². The van der Waals surface area contributed by atoms with E-state index in [1.54, 1.807) is 4.90 Å². The Morgan fingerprint density at radius 3 is 2.80 bits per heavy atom. The lowest BCUT2D eigenvalue weighted by Crippen LogP contribution is -2.36. The maximum atomic E-state index is 13.7. The normalized spacial score (nSPS) is 17.0. The van der Waals surface area contributed by atoms with Crippen LogP contribution in [0, 0.1) is 5.82 Å². The molecule has 1 aliphatic rings. The molecule has 4 nitrogen and oxygen atoms in total. The van der Waals surface area contributed by atoms with Crippen LogP contribution in [0.1, 0.15) is 16.8 Å². The average molecular weight is 301 g/mol. The minimum atomic E-state index is -0.683. The molecule has 0 aliphatic carbocycles. The number of rotatable bonds is 3. The van der Waals surface area contributed by atoms with Gasteiger partial charge in [-0.1, -0.05) is 6.07 Å². The van der Waals surface area contributed by atoms with Crippen LogP contribution in [-0.2, 0) is 0 Å². The number of phenolic OH excluding ortho intramolecular Hbond substituents is 1. The zero-order chi connectivity index (χ0) is 14.5. The van der Waals surface area contributed by atoms with E-state index in [2.05, 4.69) is 4.90 Å². The van der Waals surface area contributed by atoms with Crippen molar-refractivity contribution < 1.29 is 14.3 Å². The minimum absolute atomic E-state index is 0.238. The molecule has 110 valence electrons. The highest BCUT2D eigenvalue weighted by molar-refractivity contribution is 6.18. The molecule has 20 heavy (non-hydrogen) atoms. The summed E-state index contributed by atoms with van der Waals surface area (Å²) in [5.74, 6) is -0.885. The Hall–Kier alpha value is -1.33. The first kappa shape index (κ1) is 15.1. The molecule has 0 bridgehead atoms. The van der Waals surface area contributed by atoms with Gasteiger partial charge in [-0.3, -0.25) is 4.79 Å². The van der Waals surface area contributed by atoms with Crippen LogP contribution in [0.5, 0.6) is 5.75 Å². The van der Waals surface area contributed by atoms with E-state index in [0.29, 0.717) is 25.5 Å². The molecule has 0 saturated carbocycles. The molecular weight excluding hydrogens is 283 g/mol. The van der Waals surface area contributed by atoms with Crippen LogP contribution < -0.4 is 0 Å². The van der Waals surface area contributed by atoms with Crippen molar-refractivity contribution in [1.29, 1.82) is 0 Å². The summed E-state index contributed by atoms with van der Waals surface area (Å²) in [5, 5.41) is 9.68. The first-order valence-electron chi connectivity index (χ1n) is 6.68. The Bertz CT molecular complexity index is 464. The summed E-state index contributed by atoms with van der Waals surface area (Å²) in [5.41, 5.74) is -0.238. The molecular formula is C14H18ClFN2O2. The Balaban J connectivity index is 2.10. The lowest BCUT2D eigenvalue weighted by molar-refractivity contribution is 0.0754. The summed E-state index contributed by atoms with van der Waals surface area (Å²) >= 11 is 5.72. The number of hydrogen-bond donors (Lipinski definition) is 1. The third-order valence-corrected chi connectivity index (χ3v) is 3.65. The molecule has 6 heteroatoms. The van der Waals surface area contributed by atoms with Crippen LogP contribution in [0.2, 0.25) is 0 Å². The second-order valence-corrected chi connectivity index (χ2v) is 5.19. The molecule has 1 aliphatic heterocycles. The lowest BCUT2D eigenvalue weighted by atomic mass is 10.1. The van der Waals surface area contributed by atoms with Crippen LogP contribution in [0.3, 0.4) is 0 Å². The highest BCUT2D eigenvalue weighted by atomic mass is 35.5. The van der Waals surface area contributed by atoms with Crippen molar-refractivity contribution in [1.82, 2.24) is 9.80 Å². The van der Waals surface area contributed by atoms with E-state index in [1.165, 1.54) is 18.2 Å². The van der Waals surface area contributed by atoms with Gasteiger partial charge in [-0.25, -0.2) is 4.39 Å². The number of nitrogens with zero attached hydrogens (tertiary/aromatic N) is 2. The number of carbonyl (C=O) groups is 1. The van der Waals surface area contributed by atoms with Crippen LogP contribution in [0.25, 0.3) is 0 Å². The molecule has 0 radical (unpaired) electrons. The third-order valence-electron chi connectivity index (χ3n) is 3.48. The number of alkyl halides is 1. The molecule has 1 saturated heterocycles. The van der Waals surface area contributed by atoms with Crippen molar-refractivity contribution in [3.05, 3.63) is 29.6 Å². The molecule has 0 atom stereocenters. The van der Waals surface area contributed by atoms with E-state index in [9.17, 15) is 14.3 Å². The molecule has 1 heterocycles. The second kappa shape index (κ2) is 6.90. The van der Waals surface area contributed by atoms with Crippen molar-refractivity contribution in [2.75, 3.05) is 38.6 Å². The summed E-state index contributed by atoms with van der Waals surface area (Å²) in [7, 11) is 0. The fraction of sp³-hybridized carbons (Fsp3) is 0.500. The van der Waals surface area contributed by atoms with Gasteiger partial charge in [-0.2, -0.15) is 0 Å². The van der Waals surface area contributed by atoms with E-state index >= 15 is 0 Å². The Kier molecular flexibility index (Phi) is 5.20. The van der Waals surface area contributed by atoms with Crippen LogP contribution in [0.4, 0.5) is 4.39 Å². The van der Waals surface area contributed by atoms with Gasteiger partial charge in [0.2, 0.25) is 0 Å². The SMILES string of the molecule is O=C(c1c(O)cccc1F)N1CCCN(CCCl)CC1. The van der Waals surface area contributed by atoms with Gasteiger partial charge in [0.25, 0.3) is 5.91 Å². The summed E-state index contributed by atoms with van der Waals surface area (Å²) < 4.78 is 13.7. The number of aromatic hydroxyl groups is 1. The van der Waals surface area contributed by atoms with E-state index in [0.717, 1.165) is 19.5 Å². The zero-order valence-corrected chi connectivity index (χ0v) is 11.9. The summed E-state index contributed by atoms with van der Waals surface area (Å²) in [6.45, 7) is 3.46. The summed E-state index contributed by atoms with van der Waals surface area (Å²) in [6.07, 6.45) is 0.817. The smallest absolute Gasteiger partial charge is 0.260 e. The van der Waals surface area contributed by atoms with E-state index < -0.39 is 11.7 Å². The number of phenols is 1. The number of amides is 1. The standard InChI is InChI=1S/C14H18ClFN2O2/c15-5-8-17-6-2-7-18(10-9-17)14(20)13-11(16)3-1-4-12(13)19/h1,3-4,19H,2,5-10H2. The molecule has 1 fully saturated rings. The predicted octanol–water partition coefficient (Wildman–Crippen LogP) is 1.92. The maximum Gasteiger partial charge on any atom is 0.260 e. The summed E-state index contributed by atoms with van der Waals surface area (Å²) in [6, 6.07) is 3.89. The van der Waals surface area contributed by atoms with Crippen molar-refractivity contribution in [3.63, 3.8) is 0 Å². The quantitative estimate of drug-likeness (QED) is 0.867. The van der Waals surface area contributed by atoms with E-state index in [1.807, 2.05) is 0 Å². The van der Waals surface area contributed by atoms with E-state index in [-0.39, 0.29) is 11.3 Å². The van der Waals surface area contributed by atoms with Crippen LogP contribution in [-0.4, -0.2) is 59.4 Å². The molecule has 0 spiro atoms. The molecule has 0 unspecified atom stereocenters. The molecule has 1 N–H and O–H groups in total. The molecule has 2 rings (SSSR count). The topological polar surface area (TPSA) is 43.8 Å². The second-order valence-electron chi connectivity index (χ2n) is 4.81. The largest absolute Gasteiger partial charge is 0.507 e. The van der Waals surface area contributed by atoms with Gasteiger partial charge in [0.15, 0.2) is 0 Å². The number of hydrogen-bond acceptors (Lipinski definition) is 3. The van der Waals surface area contributed by atoms with Crippen molar-refractivity contribution >= 4 is 17.5 Å². The van der Waals surface area contributed by atoms with Gasteiger partial charge >= 0.3 is 0 Å². The van der Waals surface area contributed by atoms with Crippen molar-refractivity contribution in [3.8, 4) is 5.75 Å². The fourth-order valence-electron chi connectivity index (χ4n) is 2.40. The number of benzene rings is 1. The van der Waals surface area contributed by atoms with Gasteiger partial charge in [0.05, 0.1) is 0 Å². The van der Waals surface area contributed by atoms with Gasteiger partial charge in [-0.15, -0.1) is 11.6 Å². The fourth-order valence-corrected chi connectivity index (χ4v) is 2.64. The lowest BCUT2D eigenvalue weighted by Gasteiger charge is -2.22. The highest BCUT2D eigenvalue weighted by Gasteiger charge is 2.24. The van der Waals surface area contributed by atoms with Gasteiger partial charge in [-0.05, 0) is 25.1 Å². The van der Waals surface area contributed by atoms with Gasteiger partial charge < -0.3 is 14.9 Å². The minimum Gasteiger partial charge on any atom is -0.507 e. The monoisotopic (exact) mass is 300 g/mol. The van der Waals surface area contributed by atoms with Crippen LogP contribution in [0.15, 0.2) is 18.2 Å². The Morgan fingerprint density at radius 2 is 2.10 bits per heavy atom. The number of carbonyl (C=O) groups excluding carboxylic acids is 1. The Labute approximate surface area is 122 Å². The van der Waals surface area contributed by atoms with Gasteiger partial charge in [0.1, 0.15) is 17.1 Å². The highest BCUT2D eigenvalue weighted by Crippen LogP contribution is 2.22. The number of halogens is 2. The maximum absolute atomic E-state index is 13.7. The molecule has 0 aromatic heterocycles. The van der Waals surface area contributed by atoms with Gasteiger partial charge in [0, 0.05) is 32.1 Å². The third kappa shape index (κ3) is 3.41. The average Bonchev–Trinajstić information content (AvgIpc) is 2.64. The molecule has 1 amide bonds. The first-order valence-corrected chi connectivity index (χ1v) is 7.22. The first-order chi connectivity index (χ1) is 9.63. The van der Waals surface area contributed by atoms with E-state index in [4.69, 9.17) is 11.6 Å². The summed E-state index contributed by atoms with van der Waals surface area (Å²) in [4.78, 5) is 16.1. The predicted molar refractivity (Wildman–Crippen MR) is 75.7 cm³/mol. The molecule has 1 aromatic carbocycles. The van der Waals surface area contributed by atoms with Crippen LogP contribution >= 0.6 is 11.6 Å². The molecule has 1 aromatic rings. The van der Waals surface area contributed by atoms with Crippen molar-refractivity contribution in [2.45, 2.75) is 6.42 Å². The zero-order valence-electron chi connectivity index (χ0n) is 11.2.